The summed E-state index contributed by atoms with van der Waals surface area (Å²) in [7, 11) is 0. The molecule has 4 fully saturated rings. The predicted molar refractivity (Wildman–Crippen MR) is 199 cm³/mol. The number of carbonyl (C=O) groups is 3. The van der Waals surface area contributed by atoms with E-state index in [1.807, 2.05) is 24.3 Å². The number of ether oxygens (including phenoxy) is 1. The number of halogens is 1. The van der Waals surface area contributed by atoms with E-state index in [1.165, 1.54) is 5.57 Å². The van der Waals surface area contributed by atoms with E-state index in [9.17, 15) is 19.5 Å². The third kappa shape index (κ3) is 5.30. The largest absolute Gasteiger partial charge is 0.481 e. The molecular weight excluding hydrogens is 676 g/mol. The molecule has 1 N–H and O–H groups in total. The molecule has 7 rings (SSSR count). The highest BCUT2D eigenvalue weighted by atomic mass is 35.5. The van der Waals surface area contributed by atoms with E-state index in [4.69, 9.17) is 25.8 Å². The number of fused-ring (bicyclic) bond motifs is 7. The van der Waals surface area contributed by atoms with Crippen molar-refractivity contribution >= 4 is 29.3 Å². The van der Waals surface area contributed by atoms with Gasteiger partial charge >= 0.3 is 11.9 Å². The quantitative estimate of drug-likeness (QED) is 0.279. The molecule has 8 nitrogen and oxygen atoms in total. The molecular formula is C43H57ClN2O6. The van der Waals surface area contributed by atoms with Crippen LogP contribution in [0.25, 0.3) is 11.4 Å². The van der Waals surface area contributed by atoms with Crippen LogP contribution in [0, 0.1) is 50.7 Å². The molecule has 0 radical (unpaired) electrons. The van der Waals surface area contributed by atoms with Crippen molar-refractivity contribution in [2.45, 2.75) is 138 Å². The van der Waals surface area contributed by atoms with Crippen LogP contribution in [0.1, 0.15) is 132 Å². The topological polar surface area (TPSA) is 120 Å². The van der Waals surface area contributed by atoms with Crippen LogP contribution in [0.2, 0.25) is 5.02 Å². The third-order valence-electron chi connectivity index (χ3n) is 15.7. The first kappa shape index (κ1) is 37.3. The normalized spacial score (nSPS) is 36.9. The van der Waals surface area contributed by atoms with Crippen LogP contribution < -0.4 is 0 Å². The summed E-state index contributed by atoms with van der Waals surface area (Å²) in [5.74, 6) is 1.09. The molecule has 4 saturated carbocycles. The third-order valence-corrected chi connectivity index (χ3v) is 16.0. The molecule has 0 bridgehead atoms. The van der Waals surface area contributed by atoms with Crippen molar-refractivity contribution in [3.8, 4) is 11.4 Å². The Morgan fingerprint density at radius 2 is 1.65 bits per heavy atom. The number of esters is 1. The SMILES string of the molecule is CC(C)C1=C2[C@H]3CC[C@@H]4[C@@]5(C)CC[C@H](OC(=O)CC(C)(C)C(=O)O)C(C)(C)[C@@H]5CC[C@@]4(C)[C@]3(C)CC[C@@]2(c2nc(-c3ccc(Cl)cc3)no2)CC1=O. The molecule has 1 aromatic carbocycles. The predicted octanol–water partition coefficient (Wildman–Crippen LogP) is 10.0. The number of benzene rings is 1. The number of hydrogen-bond donors (Lipinski definition) is 1. The molecule has 52 heavy (non-hydrogen) atoms. The molecule has 5 aliphatic rings. The average Bonchev–Trinajstić information content (AvgIpc) is 3.66. The first-order valence-corrected chi connectivity index (χ1v) is 19.9. The second kappa shape index (κ2) is 12.3. The molecule has 0 unspecified atom stereocenters. The highest BCUT2D eigenvalue weighted by molar-refractivity contribution is 6.30. The number of aromatic nitrogens is 2. The van der Waals surface area contributed by atoms with Crippen molar-refractivity contribution in [3.05, 3.63) is 46.3 Å². The summed E-state index contributed by atoms with van der Waals surface area (Å²) in [6.45, 7) is 19.6. The molecule has 0 amide bonds. The van der Waals surface area contributed by atoms with E-state index >= 15 is 0 Å². The van der Waals surface area contributed by atoms with Crippen molar-refractivity contribution in [2.75, 3.05) is 0 Å². The fraction of sp³-hybridized carbons (Fsp3) is 0.698. The molecule has 1 heterocycles. The van der Waals surface area contributed by atoms with Crippen molar-refractivity contribution < 1.29 is 28.8 Å². The van der Waals surface area contributed by atoms with Crippen molar-refractivity contribution in [1.82, 2.24) is 10.1 Å². The Morgan fingerprint density at radius 1 is 0.962 bits per heavy atom. The maximum atomic E-state index is 14.1. The number of nitrogens with zero attached hydrogens (tertiary/aromatic N) is 2. The smallest absolute Gasteiger partial charge is 0.309 e. The molecule has 1 aromatic heterocycles. The van der Waals surface area contributed by atoms with Crippen LogP contribution >= 0.6 is 11.6 Å². The Bertz CT molecular complexity index is 1830. The van der Waals surface area contributed by atoms with Gasteiger partial charge in [0, 0.05) is 22.4 Å². The Hall–Kier alpha value is -3.00. The Balaban J connectivity index is 1.20. The number of rotatable bonds is 7. The Labute approximate surface area is 313 Å². The number of hydrogen-bond acceptors (Lipinski definition) is 7. The van der Waals surface area contributed by atoms with Crippen molar-refractivity contribution in [2.24, 2.45) is 50.7 Å². The van der Waals surface area contributed by atoms with E-state index in [1.54, 1.807) is 13.8 Å². The minimum atomic E-state index is -1.17. The standard InChI is InChI=1S/C43H57ClN2O6/c1-24(2)33-28(47)22-43(36-45-35(46-52-36)25-10-12-26(44)13-11-25)21-20-41(8)27(34(33)43)14-15-30-40(7)18-17-31(51-32(48)23-38(3,4)37(49)50)39(5,6)29(40)16-19-42(30,41)9/h10-13,24,27,29-31H,14-23H2,1-9H3,(H,49,50)/t27-,29+,30-,31+,40+,41-,42-,43-/m1/s1. The number of carboxylic acid groups (broad SMARTS) is 1. The highest BCUT2D eigenvalue weighted by Crippen LogP contribution is 2.76. The monoisotopic (exact) mass is 732 g/mol. The minimum Gasteiger partial charge on any atom is -0.481 e. The van der Waals surface area contributed by atoms with Gasteiger partial charge in [0.2, 0.25) is 11.7 Å². The summed E-state index contributed by atoms with van der Waals surface area (Å²) in [6.07, 6.45) is 7.76. The summed E-state index contributed by atoms with van der Waals surface area (Å²) >= 11 is 6.17. The van der Waals surface area contributed by atoms with Crippen LogP contribution in [0.5, 0.6) is 0 Å². The number of Topliss-reactive ketones (excluding diaryl/α,β-unsaturated/α-hetero) is 1. The van der Waals surface area contributed by atoms with Crippen molar-refractivity contribution in [3.63, 3.8) is 0 Å². The fourth-order valence-corrected chi connectivity index (χ4v) is 13.0. The van der Waals surface area contributed by atoms with Gasteiger partial charge in [0.25, 0.3) is 0 Å². The van der Waals surface area contributed by atoms with E-state index in [-0.39, 0.29) is 51.8 Å². The fourth-order valence-electron chi connectivity index (χ4n) is 12.8. The summed E-state index contributed by atoms with van der Waals surface area (Å²) in [4.78, 5) is 44.0. The van der Waals surface area contributed by atoms with Crippen LogP contribution in [0.4, 0.5) is 0 Å². The molecule has 9 heteroatoms. The van der Waals surface area contributed by atoms with Gasteiger partial charge < -0.3 is 14.4 Å². The van der Waals surface area contributed by atoms with Gasteiger partial charge in [-0.05, 0) is 141 Å². The zero-order chi connectivity index (χ0) is 37.8. The molecule has 0 saturated heterocycles. The van der Waals surface area contributed by atoms with Gasteiger partial charge in [0.05, 0.1) is 17.3 Å². The van der Waals surface area contributed by atoms with Gasteiger partial charge in [0.15, 0.2) is 5.78 Å². The molecule has 0 spiro atoms. The van der Waals surface area contributed by atoms with E-state index < -0.39 is 22.8 Å². The first-order valence-electron chi connectivity index (χ1n) is 19.5. The summed E-state index contributed by atoms with van der Waals surface area (Å²) in [6, 6.07) is 7.47. The van der Waals surface area contributed by atoms with Gasteiger partial charge in [-0.25, -0.2) is 0 Å². The summed E-state index contributed by atoms with van der Waals surface area (Å²) < 4.78 is 12.3. The highest BCUT2D eigenvalue weighted by Gasteiger charge is 2.71. The van der Waals surface area contributed by atoms with Crippen LogP contribution in [0.15, 0.2) is 39.9 Å². The molecule has 8 atom stereocenters. The molecule has 2 aromatic rings. The summed E-state index contributed by atoms with van der Waals surface area (Å²) in [5.41, 5.74) is 1.18. The number of carbonyl (C=O) groups excluding carboxylic acids is 2. The zero-order valence-corrected chi connectivity index (χ0v) is 33.3. The second-order valence-electron chi connectivity index (χ2n) is 19.4. The second-order valence-corrected chi connectivity index (χ2v) is 19.8. The van der Waals surface area contributed by atoms with Gasteiger partial charge in [-0.1, -0.05) is 65.2 Å². The number of aliphatic carboxylic acids is 1. The molecule has 0 aliphatic heterocycles. The lowest BCUT2D eigenvalue weighted by Crippen LogP contribution is -2.66. The number of allylic oxidation sites excluding steroid dienone is 2. The number of carboxylic acids is 1. The van der Waals surface area contributed by atoms with Gasteiger partial charge in [0.1, 0.15) is 6.10 Å². The lowest BCUT2D eigenvalue weighted by atomic mass is 9.33. The van der Waals surface area contributed by atoms with Gasteiger partial charge in [-0.2, -0.15) is 4.98 Å². The van der Waals surface area contributed by atoms with Crippen LogP contribution in [-0.4, -0.2) is 39.1 Å². The minimum absolute atomic E-state index is 0.0254. The molecule has 282 valence electrons. The van der Waals surface area contributed by atoms with Gasteiger partial charge in [-0.15, -0.1) is 0 Å². The first-order chi connectivity index (χ1) is 24.2. The van der Waals surface area contributed by atoms with Crippen molar-refractivity contribution in [1.29, 1.82) is 0 Å². The lowest BCUT2D eigenvalue weighted by Gasteiger charge is -2.72. The Morgan fingerprint density at radius 3 is 2.31 bits per heavy atom. The zero-order valence-electron chi connectivity index (χ0n) is 32.5. The number of ketones is 1. The summed E-state index contributed by atoms with van der Waals surface area (Å²) in [5, 5.41) is 14.7. The van der Waals surface area contributed by atoms with Crippen LogP contribution in [0.3, 0.4) is 0 Å². The molecule has 5 aliphatic carbocycles. The lowest BCUT2D eigenvalue weighted by molar-refractivity contribution is -0.232. The van der Waals surface area contributed by atoms with Gasteiger partial charge in [-0.3, -0.25) is 14.4 Å². The maximum absolute atomic E-state index is 14.1. The average molecular weight is 733 g/mol. The maximum Gasteiger partial charge on any atom is 0.309 e. The van der Waals surface area contributed by atoms with E-state index in [2.05, 4.69) is 53.6 Å². The van der Waals surface area contributed by atoms with E-state index in [0.29, 0.717) is 35.0 Å². The van der Waals surface area contributed by atoms with Crippen LogP contribution in [-0.2, 0) is 24.5 Å². The van der Waals surface area contributed by atoms with E-state index in [0.717, 1.165) is 62.5 Å². The Kier molecular flexibility index (Phi) is 8.80.